The Labute approximate surface area is 240 Å². The molecule has 3 rings (SSSR count). The standard InChI is InChI=1S/C31H39N3O7/c1-18(2)26(27(36)25-19(3)28(37)34-29(25)38)33-24(35)16-23(32-30(39)41-31(4,5)6)21-12-14-22(15-13-21)40-17-20-10-8-7-9-11-20/h7-15,18-19,23,25-26H,16-17H2,1-6H3,(H,32,39)(H,33,35)(H,34,37,38)/t19-,23?,25+,26-/m0/s1. The molecule has 1 saturated heterocycles. The minimum absolute atomic E-state index is 0.203. The van der Waals surface area contributed by atoms with Crippen LogP contribution in [0.2, 0.25) is 0 Å². The van der Waals surface area contributed by atoms with Crippen LogP contribution in [0.15, 0.2) is 54.6 Å². The Morgan fingerprint density at radius 2 is 1.56 bits per heavy atom. The molecule has 0 bridgehead atoms. The van der Waals surface area contributed by atoms with Crippen molar-refractivity contribution in [1.82, 2.24) is 16.0 Å². The van der Waals surface area contributed by atoms with Crippen LogP contribution < -0.4 is 20.7 Å². The average molecular weight is 566 g/mol. The van der Waals surface area contributed by atoms with E-state index >= 15 is 0 Å². The van der Waals surface area contributed by atoms with Crippen molar-refractivity contribution in [2.24, 2.45) is 17.8 Å². The zero-order chi connectivity index (χ0) is 30.3. The van der Waals surface area contributed by atoms with Crippen LogP contribution in [0, 0.1) is 17.8 Å². The van der Waals surface area contributed by atoms with E-state index in [0.717, 1.165) is 5.56 Å². The minimum atomic E-state index is -1.17. The normalized spacial score (nSPS) is 18.3. The Morgan fingerprint density at radius 3 is 2.10 bits per heavy atom. The number of ether oxygens (including phenoxy) is 2. The maximum Gasteiger partial charge on any atom is 0.408 e. The van der Waals surface area contributed by atoms with Gasteiger partial charge in [0, 0.05) is 0 Å². The summed E-state index contributed by atoms with van der Waals surface area (Å²) in [4.78, 5) is 63.3. The fourth-order valence-corrected chi connectivity index (χ4v) is 4.48. The summed E-state index contributed by atoms with van der Waals surface area (Å²) in [5, 5.41) is 7.65. The molecule has 3 N–H and O–H groups in total. The summed E-state index contributed by atoms with van der Waals surface area (Å²) in [7, 11) is 0. The highest BCUT2D eigenvalue weighted by molar-refractivity contribution is 6.16. The summed E-state index contributed by atoms with van der Waals surface area (Å²) in [6.07, 6.45) is -0.906. The SMILES string of the molecule is CC(C)[C@H](NC(=O)CC(NC(=O)OC(C)(C)C)c1ccc(OCc2ccccc2)cc1)C(=O)[C@@H]1C(=O)NC(=O)[C@H]1C. The van der Waals surface area contributed by atoms with Gasteiger partial charge in [0.15, 0.2) is 5.78 Å². The van der Waals surface area contributed by atoms with E-state index in [9.17, 15) is 24.0 Å². The van der Waals surface area contributed by atoms with Gasteiger partial charge in [-0.2, -0.15) is 0 Å². The average Bonchev–Trinajstić information content (AvgIpc) is 3.15. The van der Waals surface area contributed by atoms with Gasteiger partial charge in [-0.15, -0.1) is 0 Å². The highest BCUT2D eigenvalue weighted by Gasteiger charge is 2.46. The molecular weight excluding hydrogens is 526 g/mol. The number of imide groups is 1. The van der Waals surface area contributed by atoms with Crippen molar-refractivity contribution in [3.63, 3.8) is 0 Å². The van der Waals surface area contributed by atoms with Gasteiger partial charge in [0.25, 0.3) is 0 Å². The summed E-state index contributed by atoms with van der Waals surface area (Å²) in [6, 6.07) is 14.9. The molecule has 0 saturated carbocycles. The smallest absolute Gasteiger partial charge is 0.408 e. The van der Waals surface area contributed by atoms with Gasteiger partial charge in [-0.1, -0.05) is 63.2 Å². The number of ketones is 1. The topological polar surface area (TPSA) is 140 Å². The van der Waals surface area contributed by atoms with Crippen LogP contribution in [-0.4, -0.2) is 41.2 Å². The van der Waals surface area contributed by atoms with Gasteiger partial charge in [-0.3, -0.25) is 24.5 Å². The van der Waals surface area contributed by atoms with Crippen LogP contribution in [0.5, 0.6) is 5.75 Å². The van der Waals surface area contributed by atoms with Crippen molar-refractivity contribution in [2.45, 2.75) is 72.3 Å². The van der Waals surface area contributed by atoms with Gasteiger partial charge in [0.1, 0.15) is 23.9 Å². The van der Waals surface area contributed by atoms with E-state index in [2.05, 4.69) is 16.0 Å². The van der Waals surface area contributed by atoms with E-state index in [-0.39, 0.29) is 12.3 Å². The van der Waals surface area contributed by atoms with Crippen LogP contribution in [0.4, 0.5) is 4.79 Å². The van der Waals surface area contributed by atoms with Crippen LogP contribution >= 0.6 is 0 Å². The van der Waals surface area contributed by atoms with E-state index in [4.69, 9.17) is 9.47 Å². The van der Waals surface area contributed by atoms with Crippen molar-refractivity contribution >= 4 is 29.6 Å². The first-order chi connectivity index (χ1) is 19.2. The molecule has 0 spiro atoms. The Kier molecular flexibility index (Phi) is 10.3. The molecule has 0 aliphatic carbocycles. The molecular formula is C31H39N3O7. The lowest BCUT2D eigenvalue weighted by molar-refractivity contribution is -0.137. The lowest BCUT2D eigenvalue weighted by Gasteiger charge is -2.27. The zero-order valence-corrected chi connectivity index (χ0v) is 24.4. The van der Waals surface area contributed by atoms with Gasteiger partial charge in [-0.05, 0) is 49.9 Å². The van der Waals surface area contributed by atoms with Gasteiger partial charge >= 0.3 is 6.09 Å². The quantitative estimate of drug-likeness (QED) is 0.278. The van der Waals surface area contributed by atoms with Crippen LogP contribution in [0.25, 0.3) is 0 Å². The van der Waals surface area contributed by atoms with Gasteiger partial charge in [0.2, 0.25) is 17.7 Å². The summed E-state index contributed by atoms with van der Waals surface area (Å²) >= 11 is 0. The predicted octanol–water partition coefficient (Wildman–Crippen LogP) is 3.84. The first-order valence-corrected chi connectivity index (χ1v) is 13.7. The van der Waals surface area contributed by atoms with Crippen molar-refractivity contribution < 1.29 is 33.4 Å². The highest BCUT2D eigenvalue weighted by atomic mass is 16.6. The molecule has 2 aromatic rings. The fourth-order valence-electron chi connectivity index (χ4n) is 4.48. The molecule has 4 atom stereocenters. The highest BCUT2D eigenvalue weighted by Crippen LogP contribution is 2.25. The van der Waals surface area contributed by atoms with Crippen molar-refractivity contribution in [3.05, 3.63) is 65.7 Å². The van der Waals surface area contributed by atoms with Gasteiger partial charge in [-0.25, -0.2) is 4.79 Å². The van der Waals surface area contributed by atoms with Crippen LogP contribution in [0.3, 0.4) is 0 Å². The number of benzene rings is 2. The molecule has 0 aromatic heterocycles. The molecule has 1 aliphatic rings. The summed E-state index contributed by atoms with van der Waals surface area (Å²) in [5.74, 6) is -3.94. The number of Topliss-reactive ketones (excluding diaryl/α,β-unsaturated/α-hetero) is 1. The molecule has 2 aromatic carbocycles. The Morgan fingerprint density at radius 1 is 0.927 bits per heavy atom. The number of hydrogen-bond donors (Lipinski definition) is 3. The van der Waals surface area contributed by atoms with E-state index in [1.54, 1.807) is 58.9 Å². The second-order valence-electron chi connectivity index (χ2n) is 11.6. The van der Waals surface area contributed by atoms with Crippen LogP contribution in [-0.2, 0) is 30.5 Å². The number of carbonyl (C=O) groups is 5. The molecule has 4 amide bonds. The monoisotopic (exact) mass is 565 g/mol. The molecule has 220 valence electrons. The minimum Gasteiger partial charge on any atom is -0.489 e. The molecule has 1 unspecified atom stereocenters. The van der Waals surface area contributed by atoms with E-state index in [1.165, 1.54) is 6.92 Å². The maximum atomic E-state index is 13.2. The van der Waals surface area contributed by atoms with E-state index in [1.807, 2.05) is 30.3 Å². The van der Waals surface area contributed by atoms with Crippen molar-refractivity contribution in [1.29, 1.82) is 0 Å². The summed E-state index contributed by atoms with van der Waals surface area (Å²) in [6.45, 7) is 10.6. The first-order valence-electron chi connectivity index (χ1n) is 13.7. The van der Waals surface area contributed by atoms with E-state index in [0.29, 0.717) is 17.9 Å². The van der Waals surface area contributed by atoms with Gasteiger partial charge in [0.05, 0.1) is 24.4 Å². The third-order valence-electron chi connectivity index (χ3n) is 6.65. The van der Waals surface area contributed by atoms with E-state index < -0.39 is 59.1 Å². The summed E-state index contributed by atoms with van der Waals surface area (Å²) in [5.41, 5.74) is 0.887. The number of rotatable bonds is 11. The second kappa shape index (κ2) is 13.4. The Bertz CT molecular complexity index is 1250. The Hall–Kier alpha value is -4.21. The first kappa shape index (κ1) is 31.3. The van der Waals surface area contributed by atoms with Crippen LogP contribution in [0.1, 0.15) is 65.1 Å². The fraction of sp³-hybridized carbons (Fsp3) is 0.452. The number of alkyl carbamates (subject to hydrolysis) is 1. The zero-order valence-electron chi connectivity index (χ0n) is 24.4. The molecule has 41 heavy (non-hydrogen) atoms. The molecule has 1 heterocycles. The van der Waals surface area contributed by atoms with Gasteiger partial charge < -0.3 is 20.1 Å². The molecule has 10 nitrogen and oxygen atoms in total. The molecule has 1 aliphatic heterocycles. The third-order valence-corrected chi connectivity index (χ3v) is 6.65. The third kappa shape index (κ3) is 8.89. The second-order valence-corrected chi connectivity index (χ2v) is 11.6. The maximum absolute atomic E-state index is 13.2. The lowest BCUT2D eigenvalue weighted by atomic mass is 9.85. The number of amides is 4. The Balaban J connectivity index is 1.74. The lowest BCUT2D eigenvalue weighted by Crippen LogP contribution is -2.49. The molecule has 0 radical (unpaired) electrons. The number of carbonyl (C=O) groups excluding carboxylic acids is 5. The summed E-state index contributed by atoms with van der Waals surface area (Å²) < 4.78 is 11.3. The predicted molar refractivity (Wildman–Crippen MR) is 152 cm³/mol. The largest absolute Gasteiger partial charge is 0.489 e. The van der Waals surface area contributed by atoms with Crippen molar-refractivity contribution in [2.75, 3.05) is 0 Å². The van der Waals surface area contributed by atoms with Crippen molar-refractivity contribution in [3.8, 4) is 5.75 Å². The number of hydrogen-bond acceptors (Lipinski definition) is 7. The number of nitrogens with one attached hydrogen (secondary N) is 3. The molecule has 1 fully saturated rings. The molecule has 10 heteroatoms.